The number of ether oxygens (including phenoxy) is 5. The number of carbonyl (C=O) groups excluding carboxylic acids is 1. The summed E-state index contributed by atoms with van der Waals surface area (Å²) < 4.78 is 27.3. The van der Waals surface area contributed by atoms with Crippen molar-refractivity contribution in [1.82, 2.24) is 5.43 Å². The number of rotatable bonds is 6. The zero-order valence-electron chi connectivity index (χ0n) is 19.0. The summed E-state index contributed by atoms with van der Waals surface area (Å²) in [4.78, 5) is 12.2. The van der Waals surface area contributed by atoms with E-state index < -0.39 is 23.9 Å². The fourth-order valence-corrected chi connectivity index (χ4v) is 4.48. The molecule has 0 saturated heterocycles. The SMILES string of the molecule is CNN.COc1cc([C@@H]2c3cc4c(cc3[C@H](O)C(CO)C2C=O)OCO4)cc(OC)c1OC. The topological polar surface area (TPSA) is 142 Å². The minimum atomic E-state index is -1.02. The molecule has 5 N–H and O–H groups in total. The van der Waals surface area contributed by atoms with Crippen molar-refractivity contribution in [3.05, 3.63) is 41.0 Å². The van der Waals surface area contributed by atoms with Gasteiger partial charge in [-0.2, -0.15) is 0 Å². The second kappa shape index (κ2) is 10.7. The van der Waals surface area contributed by atoms with Gasteiger partial charge in [0.05, 0.1) is 27.4 Å². The molecule has 2 aliphatic rings. The average molecular weight is 462 g/mol. The molecule has 0 saturated carbocycles. The number of benzene rings is 2. The molecule has 4 atom stereocenters. The third kappa shape index (κ3) is 4.42. The third-order valence-corrected chi connectivity index (χ3v) is 5.93. The van der Waals surface area contributed by atoms with E-state index in [2.05, 4.69) is 11.3 Å². The number of hydrogen-bond acceptors (Lipinski definition) is 10. The molecule has 4 rings (SSSR count). The van der Waals surface area contributed by atoms with E-state index in [0.29, 0.717) is 34.3 Å². The fourth-order valence-electron chi connectivity index (χ4n) is 4.48. The van der Waals surface area contributed by atoms with Gasteiger partial charge in [-0.1, -0.05) is 0 Å². The monoisotopic (exact) mass is 462 g/mol. The number of aliphatic hydroxyl groups is 2. The van der Waals surface area contributed by atoms with Crippen LogP contribution in [0.1, 0.15) is 28.7 Å². The van der Waals surface area contributed by atoms with Crippen LogP contribution in [0, 0.1) is 11.8 Å². The number of carbonyl (C=O) groups is 1. The van der Waals surface area contributed by atoms with Gasteiger partial charge in [-0.3, -0.25) is 11.3 Å². The van der Waals surface area contributed by atoms with Gasteiger partial charge in [0, 0.05) is 24.4 Å². The molecule has 0 radical (unpaired) electrons. The number of fused-ring (bicyclic) bond motifs is 2. The molecule has 1 aliphatic heterocycles. The molecular formula is C23H30N2O8. The van der Waals surface area contributed by atoms with Crippen molar-refractivity contribution in [2.45, 2.75) is 12.0 Å². The summed E-state index contributed by atoms with van der Waals surface area (Å²) in [6.45, 7) is -0.261. The second-order valence-corrected chi connectivity index (χ2v) is 7.56. The summed E-state index contributed by atoms with van der Waals surface area (Å²) in [5.41, 5.74) is 4.30. The molecule has 0 amide bonds. The Labute approximate surface area is 192 Å². The Kier molecular flexibility index (Phi) is 7.98. The lowest BCUT2D eigenvalue weighted by Gasteiger charge is -2.40. The zero-order chi connectivity index (χ0) is 24.1. The Morgan fingerprint density at radius 3 is 2.06 bits per heavy atom. The number of nitrogens with one attached hydrogen (secondary N) is 1. The van der Waals surface area contributed by atoms with Crippen molar-refractivity contribution < 1.29 is 38.7 Å². The Bertz CT molecular complexity index is 958. The maximum absolute atomic E-state index is 12.2. The number of aldehydes is 1. The van der Waals surface area contributed by atoms with E-state index >= 15 is 0 Å². The summed E-state index contributed by atoms with van der Waals surface area (Å²) >= 11 is 0. The minimum absolute atomic E-state index is 0.0870. The van der Waals surface area contributed by atoms with Crippen molar-refractivity contribution >= 4 is 6.29 Å². The highest BCUT2D eigenvalue weighted by Gasteiger charge is 2.44. The van der Waals surface area contributed by atoms with Crippen LogP contribution in [-0.4, -0.2) is 58.3 Å². The van der Waals surface area contributed by atoms with Crippen molar-refractivity contribution in [1.29, 1.82) is 0 Å². The molecule has 33 heavy (non-hydrogen) atoms. The number of aliphatic hydroxyl groups excluding tert-OH is 2. The molecule has 2 aromatic carbocycles. The molecule has 1 aliphatic carbocycles. The van der Waals surface area contributed by atoms with Gasteiger partial charge in [-0.15, -0.1) is 0 Å². The van der Waals surface area contributed by atoms with Crippen LogP contribution < -0.4 is 35.0 Å². The maximum Gasteiger partial charge on any atom is 0.231 e. The van der Waals surface area contributed by atoms with E-state index in [1.54, 1.807) is 31.3 Å². The Morgan fingerprint density at radius 2 is 1.61 bits per heavy atom. The Morgan fingerprint density at radius 1 is 1.06 bits per heavy atom. The number of hydrazine groups is 1. The van der Waals surface area contributed by atoms with E-state index in [4.69, 9.17) is 23.7 Å². The number of nitrogens with two attached hydrogens (primary N) is 1. The van der Waals surface area contributed by atoms with Crippen LogP contribution in [0.2, 0.25) is 0 Å². The van der Waals surface area contributed by atoms with Crippen molar-refractivity contribution in [2.75, 3.05) is 41.8 Å². The molecule has 0 aromatic heterocycles. The van der Waals surface area contributed by atoms with Gasteiger partial charge < -0.3 is 38.7 Å². The van der Waals surface area contributed by atoms with E-state index in [0.717, 1.165) is 17.4 Å². The Hall–Kier alpha value is -3.05. The van der Waals surface area contributed by atoms with Crippen molar-refractivity contribution in [2.24, 2.45) is 17.7 Å². The molecule has 0 spiro atoms. The van der Waals surface area contributed by atoms with Gasteiger partial charge in [-0.05, 0) is 48.0 Å². The van der Waals surface area contributed by atoms with Crippen LogP contribution in [0.25, 0.3) is 0 Å². The van der Waals surface area contributed by atoms with E-state index in [1.807, 2.05) is 0 Å². The van der Waals surface area contributed by atoms with Crippen LogP contribution >= 0.6 is 0 Å². The molecule has 1 heterocycles. The molecule has 0 bridgehead atoms. The summed E-state index contributed by atoms with van der Waals surface area (Å²) in [6, 6.07) is 7.07. The van der Waals surface area contributed by atoms with Gasteiger partial charge in [0.2, 0.25) is 12.5 Å². The quantitative estimate of drug-likeness (QED) is 0.280. The van der Waals surface area contributed by atoms with Gasteiger partial charge in [0.25, 0.3) is 0 Å². The normalized spacial score (nSPS) is 22.5. The highest BCUT2D eigenvalue weighted by molar-refractivity contribution is 5.65. The molecule has 180 valence electrons. The smallest absolute Gasteiger partial charge is 0.231 e. The molecular weight excluding hydrogens is 432 g/mol. The molecule has 10 heteroatoms. The largest absolute Gasteiger partial charge is 0.493 e. The predicted molar refractivity (Wildman–Crippen MR) is 119 cm³/mol. The first-order valence-electron chi connectivity index (χ1n) is 10.3. The molecule has 2 unspecified atom stereocenters. The lowest BCUT2D eigenvalue weighted by atomic mass is 9.66. The van der Waals surface area contributed by atoms with Gasteiger partial charge in [0.15, 0.2) is 23.0 Å². The maximum atomic E-state index is 12.2. The van der Waals surface area contributed by atoms with E-state index in [9.17, 15) is 15.0 Å². The first-order valence-corrected chi connectivity index (χ1v) is 10.3. The summed E-state index contributed by atoms with van der Waals surface area (Å²) in [5, 5.41) is 20.9. The van der Waals surface area contributed by atoms with Crippen LogP contribution in [0.15, 0.2) is 24.3 Å². The zero-order valence-corrected chi connectivity index (χ0v) is 19.0. The first-order chi connectivity index (χ1) is 16.0. The lowest BCUT2D eigenvalue weighted by Crippen LogP contribution is -2.37. The number of methoxy groups -OCH3 is 3. The minimum Gasteiger partial charge on any atom is -0.493 e. The standard InChI is InChI=1S/C22H24O8.CH6N2/c1-26-18-4-11(5-19(27-2)22(18)28-3)20-12-6-16-17(30-10-29-16)7-13(12)21(25)15(9-24)14(20)8-23;1-3-2/h4-8,14-15,20-21,24-25H,9-10H2,1-3H3;3H,2H2,1H3/t14?,15?,20-,21+;/m1./s1. The molecule has 0 fully saturated rings. The van der Waals surface area contributed by atoms with Gasteiger partial charge in [0.1, 0.15) is 6.29 Å². The van der Waals surface area contributed by atoms with Gasteiger partial charge >= 0.3 is 0 Å². The van der Waals surface area contributed by atoms with Crippen LogP contribution in [-0.2, 0) is 4.79 Å². The first kappa shape index (κ1) is 24.6. The summed E-state index contributed by atoms with van der Waals surface area (Å²) in [6.07, 6.45) is -0.237. The van der Waals surface area contributed by atoms with Gasteiger partial charge in [-0.25, -0.2) is 0 Å². The van der Waals surface area contributed by atoms with E-state index in [-0.39, 0.29) is 13.4 Å². The van der Waals surface area contributed by atoms with Crippen LogP contribution in [0.5, 0.6) is 28.7 Å². The van der Waals surface area contributed by atoms with Crippen molar-refractivity contribution in [3.63, 3.8) is 0 Å². The lowest BCUT2D eigenvalue weighted by molar-refractivity contribution is -0.116. The predicted octanol–water partition coefficient (Wildman–Crippen LogP) is 1.12. The van der Waals surface area contributed by atoms with Crippen LogP contribution in [0.3, 0.4) is 0 Å². The summed E-state index contributed by atoms with van der Waals surface area (Å²) in [5.74, 6) is 5.17. The molecule has 2 aromatic rings. The van der Waals surface area contributed by atoms with Crippen LogP contribution in [0.4, 0.5) is 0 Å². The van der Waals surface area contributed by atoms with Crippen molar-refractivity contribution in [3.8, 4) is 28.7 Å². The highest BCUT2D eigenvalue weighted by atomic mass is 16.7. The summed E-state index contributed by atoms with van der Waals surface area (Å²) in [7, 11) is 6.21. The Balaban J connectivity index is 0.000000968. The van der Waals surface area contributed by atoms with E-state index in [1.165, 1.54) is 21.3 Å². The third-order valence-electron chi connectivity index (χ3n) is 5.93. The number of hydrogen-bond donors (Lipinski definition) is 4. The fraction of sp³-hybridized carbons (Fsp3) is 0.435. The highest BCUT2D eigenvalue weighted by Crippen LogP contribution is 2.53. The second-order valence-electron chi connectivity index (χ2n) is 7.56. The average Bonchev–Trinajstić information content (AvgIpc) is 3.29. The molecule has 10 nitrogen and oxygen atoms in total.